The highest BCUT2D eigenvalue weighted by Gasteiger charge is 2.42. The molecule has 2 amide bonds. The molecule has 44 heavy (non-hydrogen) atoms. The van der Waals surface area contributed by atoms with Gasteiger partial charge in [0, 0.05) is 56.4 Å². The van der Waals surface area contributed by atoms with Gasteiger partial charge in [-0.15, -0.1) is 0 Å². The number of rotatable bonds is 5. The number of ether oxygens (including phenoxy) is 1. The minimum Gasteiger partial charge on any atom is -0.445 e. The van der Waals surface area contributed by atoms with E-state index in [0.29, 0.717) is 44.0 Å². The fourth-order valence-electron chi connectivity index (χ4n) is 7.33. The number of carbonyl (C=O) groups is 2. The number of amides is 2. The molecule has 6 nitrogen and oxygen atoms in total. The summed E-state index contributed by atoms with van der Waals surface area (Å²) in [6.45, 7) is 7.04. The summed E-state index contributed by atoms with van der Waals surface area (Å²) in [7, 11) is 0. The first-order chi connectivity index (χ1) is 21.5. The molecule has 2 unspecified atom stereocenters. The summed E-state index contributed by atoms with van der Waals surface area (Å²) in [5.41, 5.74) is 8.03. The van der Waals surface area contributed by atoms with Crippen LogP contribution in [0.15, 0.2) is 103 Å². The van der Waals surface area contributed by atoms with Crippen LogP contribution >= 0.6 is 0 Å². The third-order valence-corrected chi connectivity index (χ3v) is 9.90. The standard InChI is InChI=1S/C38H39N3O3/c1-27-33-18-19-41(38(43)44-26-28-8-4-2-5-9-28)25-36(27)35-24-32(16-17-34(33)35)39-20-22-40(23-21-39)37(42)31-14-12-30(13-15-31)29-10-6-3-7-11-29/h2-17,24,27,33,36H,18-23,25-26H2,1H3/t27-,33?,36?/m0/s1. The lowest BCUT2D eigenvalue weighted by Crippen LogP contribution is -2.48. The van der Waals surface area contributed by atoms with Gasteiger partial charge in [0.2, 0.25) is 0 Å². The summed E-state index contributed by atoms with van der Waals surface area (Å²) in [6.07, 6.45) is 0.735. The van der Waals surface area contributed by atoms with E-state index in [0.717, 1.165) is 48.3 Å². The van der Waals surface area contributed by atoms with Crippen molar-refractivity contribution in [1.29, 1.82) is 0 Å². The van der Waals surface area contributed by atoms with E-state index in [9.17, 15) is 9.59 Å². The third kappa shape index (κ3) is 5.57. The lowest BCUT2D eigenvalue weighted by molar-refractivity contribution is 0.0746. The Labute approximate surface area is 259 Å². The number of likely N-dealkylation sites (tertiary alicyclic amines) is 1. The van der Waals surface area contributed by atoms with E-state index in [4.69, 9.17) is 4.74 Å². The number of fused-ring (bicyclic) bond motifs is 5. The van der Waals surface area contributed by atoms with Crippen LogP contribution < -0.4 is 4.90 Å². The van der Waals surface area contributed by atoms with Crippen molar-refractivity contribution in [1.82, 2.24) is 9.80 Å². The highest BCUT2D eigenvalue weighted by atomic mass is 16.6. The number of hydrogen-bond acceptors (Lipinski definition) is 4. The Morgan fingerprint density at radius 1 is 0.705 bits per heavy atom. The van der Waals surface area contributed by atoms with Gasteiger partial charge in [-0.25, -0.2) is 4.79 Å². The molecule has 4 aromatic carbocycles. The summed E-state index contributed by atoms with van der Waals surface area (Å²) in [4.78, 5) is 32.7. The summed E-state index contributed by atoms with van der Waals surface area (Å²) >= 11 is 0. The van der Waals surface area contributed by atoms with E-state index in [1.165, 1.54) is 16.8 Å². The molecular formula is C38H39N3O3. The maximum Gasteiger partial charge on any atom is 0.410 e. The second kappa shape index (κ2) is 12.2. The molecule has 0 saturated carbocycles. The van der Waals surface area contributed by atoms with E-state index in [1.807, 2.05) is 82.6 Å². The van der Waals surface area contributed by atoms with Crippen molar-refractivity contribution in [3.05, 3.63) is 125 Å². The Morgan fingerprint density at radius 2 is 1.39 bits per heavy atom. The van der Waals surface area contributed by atoms with Crippen LogP contribution in [0, 0.1) is 5.92 Å². The minimum atomic E-state index is -0.221. The molecule has 7 rings (SSSR count). The van der Waals surface area contributed by atoms with E-state index in [1.54, 1.807) is 0 Å². The van der Waals surface area contributed by atoms with Crippen molar-refractivity contribution in [2.24, 2.45) is 5.92 Å². The highest BCUT2D eigenvalue weighted by molar-refractivity contribution is 5.95. The molecule has 3 atom stereocenters. The van der Waals surface area contributed by atoms with Crippen LogP contribution in [0.5, 0.6) is 0 Å². The van der Waals surface area contributed by atoms with Gasteiger partial charge in [0.05, 0.1) is 0 Å². The monoisotopic (exact) mass is 585 g/mol. The van der Waals surface area contributed by atoms with Crippen molar-refractivity contribution in [3.63, 3.8) is 0 Å². The number of hydrogen-bond donors (Lipinski definition) is 0. The summed E-state index contributed by atoms with van der Waals surface area (Å²) in [5.74, 6) is 1.33. The van der Waals surface area contributed by atoms with Gasteiger partial charge in [0.1, 0.15) is 6.61 Å². The third-order valence-electron chi connectivity index (χ3n) is 9.90. The number of benzene rings is 4. The topological polar surface area (TPSA) is 53.1 Å². The van der Waals surface area contributed by atoms with Crippen molar-refractivity contribution < 1.29 is 14.3 Å². The number of nitrogens with zero attached hydrogens (tertiary/aromatic N) is 3. The SMILES string of the molecule is C[C@H]1C2CCN(C(=O)OCc3ccccc3)CC1c1cc(N3CCN(C(=O)c4ccc(-c5ccccc5)cc4)CC3)ccc12. The van der Waals surface area contributed by atoms with Gasteiger partial charge in [-0.1, -0.05) is 85.8 Å². The maximum atomic E-state index is 13.3. The molecule has 2 heterocycles. The van der Waals surface area contributed by atoms with Gasteiger partial charge in [0.15, 0.2) is 0 Å². The van der Waals surface area contributed by atoms with Crippen LogP contribution in [0.1, 0.15) is 52.2 Å². The summed E-state index contributed by atoms with van der Waals surface area (Å²) in [5, 5.41) is 0. The first-order valence-corrected chi connectivity index (χ1v) is 15.8. The number of piperazine rings is 1. The number of anilines is 1. The average molecular weight is 586 g/mol. The predicted octanol–water partition coefficient (Wildman–Crippen LogP) is 7.18. The van der Waals surface area contributed by atoms with Gasteiger partial charge in [-0.3, -0.25) is 4.79 Å². The van der Waals surface area contributed by atoms with Crippen molar-refractivity contribution in [2.75, 3.05) is 44.2 Å². The molecule has 2 aliphatic heterocycles. The first-order valence-electron chi connectivity index (χ1n) is 15.8. The number of carbonyl (C=O) groups excluding carboxylic acids is 2. The van der Waals surface area contributed by atoms with Gasteiger partial charge in [-0.05, 0) is 70.3 Å². The second-order valence-electron chi connectivity index (χ2n) is 12.4. The largest absolute Gasteiger partial charge is 0.445 e. The lowest BCUT2D eigenvalue weighted by Gasteiger charge is -2.36. The molecule has 0 spiro atoms. The Morgan fingerprint density at radius 3 is 2.11 bits per heavy atom. The fourth-order valence-corrected chi connectivity index (χ4v) is 7.33. The molecule has 0 N–H and O–H groups in total. The lowest BCUT2D eigenvalue weighted by atomic mass is 9.88. The second-order valence-corrected chi connectivity index (χ2v) is 12.4. The first kappa shape index (κ1) is 28.2. The van der Waals surface area contributed by atoms with Crippen molar-refractivity contribution in [2.45, 2.75) is 31.8 Å². The Balaban J connectivity index is 0.989. The molecule has 1 aliphatic carbocycles. The molecule has 2 bridgehead atoms. The minimum absolute atomic E-state index is 0.0938. The van der Waals surface area contributed by atoms with Crippen LogP contribution in [0.2, 0.25) is 0 Å². The van der Waals surface area contributed by atoms with Crippen LogP contribution in [0.25, 0.3) is 11.1 Å². The van der Waals surface area contributed by atoms with E-state index in [2.05, 4.69) is 42.2 Å². The van der Waals surface area contributed by atoms with Gasteiger partial charge < -0.3 is 19.4 Å². The molecule has 3 aliphatic rings. The van der Waals surface area contributed by atoms with Crippen LogP contribution in [0.4, 0.5) is 10.5 Å². The Bertz CT molecular complexity index is 1610. The van der Waals surface area contributed by atoms with E-state index < -0.39 is 0 Å². The fraction of sp³-hybridized carbons (Fsp3) is 0.316. The molecule has 224 valence electrons. The Hall–Kier alpha value is -4.58. The van der Waals surface area contributed by atoms with E-state index >= 15 is 0 Å². The van der Waals surface area contributed by atoms with Gasteiger partial charge >= 0.3 is 6.09 Å². The molecule has 0 aromatic heterocycles. The average Bonchev–Trinajstić information content (AvgIpc) is 3.21. The van der Waals surface area contributed by atoms with Gasteiger partial charge in [0.25, 0.3) is 5.91 Å². The molecule has 2 fully saturated rings. The van der Waals surface area contributed by atoms with Crippen molar-refractivity contribution in [3.8, 4) is 11.1 Å². The maximum absolute atomic E-state index is 13.3. The quantitative estimate of drug-likeness (QED) is 0.249. The zero-order valence-corrected chi connectivity index (χ0v) is 25.3. The van der Waals surface area contributed by atoms with Crippen LogP contribution in [-0.4, -0.2) is 61.1 Å². The summed E-state index contributed by atoms with van der Waals surface area (Å²) < 4.78 is 5.71. The molecular weight excluding hydrogens is 546 g/mol. The zero-order chi connectivity index (χ0) is 30.0. The predicted molar refractivity (Wildman–Crippen MR) is 174 cm³/mol. The van der Waals surface area contributed by atoms with Crippen LogP contribution in [0.3, 0.4) is 0 Å². The van der Waals surface area contributed by atoms with E-state index in [-0.39, 0.29) is 12.0 Å². The molecule has 6 heteroatoms. The van der Waals surface area contributed by atoms with Crippen molar-refractivity contribution >= 4 is 17.7 Å². The Kier molecular flexibility index (Phi) is 7.82. The van der Waals surface area contributed by atoms with Crippen LogP contribution in [-0.2, 0) is 11.3 Å². The normalized spacial score (nSPS) is 21.0. The molecule has 4 aromatic rings. The highest BCUT2D eigenvalue weighted by Crippen LogP contribution is 2.51. The zero-order valence-electron chi connectivity index (χ0n) is 25.3. The summed E-state index contributed by atoms with van der Waals surface area (Å²) in [6, 6.07) is 35.0. The smallest absolute Gasteiger partial charge is 0.410 e. The molecule has 0 radical (unpaired) electrons. The molecule has 2 saturated heterocycles. The van der Waals surface area contributed by atoms with Gasteiger partial charge in [-0.2, -0.15) is 0 Å².